The molecule has 0 fully saturated rings. The normalized spacial score (nSPS) is 13.1. The van der Waals surface area contributed by atoms with Crippen molar-refractivity contribution in [3.8, 4) is 23.0 Å². The Kier molecular flexibility index (Phi) is 9.45. The predicted octanol–water partition coefficient (Wildman–Crippen LogP) is 4.44. The number of hydrogen-bond acceptors (Lipinski definition) is 10. The number of phenolic OH excluding ortho intramolecular Hbond substituents is 2. The van der Waals surface area contributed by atoms with Crippen molar-refractivity contribution in [1.29, 1.82) is 0 Å². The summed E-state index contributed by atoms with van der Waals surface area (Å²) in [5.74, 6) is 2.72. The minimum absolute atomic E-state index is 0. The number of nitrogens with one attached hydrogen (secondary N) is 2. The summed E-state index contributed by atoms with van der Waals surface area (Å²) < 4.78 is 21.5. The molecule has 0 spiro atoms. The zero-order valence-electron chi connectivity index (χ0n) is 22.4. The number of hydrazone groups is 2. The van der Waals surface area contributed by atoms with E-state index >= 15 is 0 Å². The minimum Gasteiger partial charge on any atom is -0.565 e. The molecule has 0 saturated carbocycles. The van der Waals surface area contributed by atoms with Gasteiger partial charge in [0, 0.05) is 22.6 Å². The average molecular weight is 604 g/mol. The number of nitrogens with zero attached hydrogens (tertiary/aromatic N) is 2. The first-order chi connectivity index (χ1) is 19.6. The van der Waals surface area contributed by atoms with Crippen LogP contribution in [-0.4, -0.2) is 36.2 Å². The fraction of sp³-hybridized carbons (Fsp3) is 0.0667. The van der Waals surface area contributed by atoms with Gasteiger partial charge in [-0.05, 0) is 48.5 Å². The van der Waals surface area contributed by atoms with E-state index in [9.17, 15) is 10.2 Å². The first-order valence-corrected chi connectivity index (χ1v) is 12.2. The van der Waals surface area contributed by atoms with E-state index in [0.29, 0.717) is 35.4 Å². The molecule has 0 saturated heterocycles. The predicted molar refractivity (Wildman–Crippen MR) is 148 cm³/mol. The fourth-order valence-electron chi connectivity index (χ4n) is 3.76. The molecule has 41 heavy (non-hydrogen) atoms. The van der Waals surface area contributed by atoms with Gasteiger partial charge in [0.1, 0.15) is 24.0 Å². The van der Waals surface area contributed by atoms with Crippen molar-refractivity contribution in [3.63, 3.8) is 0 Å². The van der Waals surface area contributed by atoms with E-state index in [4.69, 9.17) is 18.9 Å². The van der Waals surface area contributed by atoms with E-state index in [-0.39, 0.29) is 31.0 Å². The number of rotatable bonds is 6. The van der Waals surface area contributed by atoms with Crippen LogP contribution in [0.5, 0.6) is 23.0 Å². The molecule has 0 unspecified atom stereocenters. The van der Waals surface area contributed by atoms with Gasteiger partial charge >= 0.3 is 19.5 Å². The second-order valence-electron chi connectivity index (χ2n) is 8.41. The van der Waals surface area contributed by atoms with Crippen LogP contribution in [0.4, 0.5) is 0 Å². The third kappa shape index (κ3) is 6.77. The van der Waals surface area contributed by atoms with Crippen molar-refractivity contribution in [3.05, 3.63) is 132 Å². The van der Waals surface area contributed by atoms with E-state index in [1.165, 1.54) is 0 Å². The van der Waals surface area contributed by atoms with Crippen molar-refractivity contribution in [2.75, 3.05) is 14.2 Å². The Morgan fingerprint density at radius 3 is 1.29 bits per heavy atom. The van der Waals surface area contributed by atoms with Gasteiger partial charge < -0.3 is 29.2 Å². The second-order valence-corrected chi connectivity index (χ2v) is 8.41. The number of hydrogen-bond donors (Lipinski definition) is 4. The first kappa shape index (κ1) is 29.0. The largest absolute Gasteiger partial charge is 2.00 e. The fourth-order valence-corrected chi connectivity index (χ4v) is 3.76. The summed E-state index contributed by atoms with van der Waals surface area (Å²) in [7, 11) is 3.23. The maximum absolute atomic E-state index is 9.79. The summed E-state index contributed by atoms with van der Waals surface area (Å²) in [6.07, 6.45) is 0.822. The van der Waals surface area contributed by atoms with Gasteiger partial charge in [0.05, 0.1) is 14.2 Å². The molecule has 2 aliphatic heterocycles. The number of phenols is 2. The summed E-state index contributed by atoms with van der Waals surface area (Å²) >= 11 is 0. The molecule has 2 aliphatic rings. The van der Waals surface area contributed by atoms with Gasteiger partial charge in [0.2, 0.25) is 11.8 Å². The molecule has 4 aromatic carbocycles. The second kappa shape index (κ2) is 13.4. The number of benzene rings is 4. The molecule has 0 bridgehead atoms. The zero-order valence-corrected chi connectivity index (χ0v) is 25.3. The Morgan fingerprint density at radius 2 is 0.951 bits per heavy atom. The van der Waals surface area contributed by atoms with Gasteiger partial charge in [-0.15, -0.1) is 22.3 Å². The van der Waals surface area contributed by atoms with Crippen LogP contribution in [0.25, 0.3) is 0 Å². The summed E-state index contributed by atoms with van der Waals surface area (Å²) in [4.78, 5) is 0. The van der Waals surface area contributed by atoms with E-state index < -0.39 is 0 Å². The van der Waals surface area contributed by atoms with E-state index in [2.05, 4.69) is 21.1 Å². The molecule has 11 heteroatoms. The van der Waals surface area contributed by atoms with Crippen LogP contribution in [0.1, 0.15) is 22.3 Å². The zero-order chi connectivity index (χ0) is 27.9. The molecule has 4 N–H and O–H groups in total. The van der Waals surface area contributed by atoms with Gasteiger partial charge in [-0.3, -0.25) is 10.9 Å². The van der Waals surface area contributed by atoms with Crippen LogP contribution in [0, 0.1) is 12.5 Å². The molecule has 2 heterocycles. The smallest absolute Gasteiger partial charge is 0.565 e. The maximum Gasteiger partial charge on any atom is 2.00 e. The average Bonchev–Trinajstić information content (AvgIpc) is 3.69. The van der Waals surface area contributed by atoms with Crippen molar-refractivity contribution in [2.45, 2.75) is 0 Å². The topological polar surface area (TPSA) is 126 Å². The van der Waals surface area contributed by atoms with Crippen molar-refractivity contribution < 1.29 is 48.6 Å². The molecule has 6 rings (SSSR count). The van der Waals surface area contributed by atoms with Crippen LogP contribution >= 0.6 is 0 Å². The number of methoxy groups -OCH3 is 2. The van der Waals surface area contributed by atoms with Crippen LogP contribution < -0.4 is 20.3 Å². The van der Waals surface area contributed by atoms with E-state index in [0.717, 1.165) is 22.6 Å². The van der Waals surface area contributed by atoms with Crippen LogP contribution in [0.3, 0.4) is 0 Å². The molecule has 0 atom stereocenters. The quantitative estimate of drug-likeness (QED) is 0.188. The summed E-state index contributed by atoms with van der Waals surface area (Å²) in [5.41, 5.74) is 8.35. The Labute approximate surface area is 250 Å². The minimum atomic E-state index is 0. The standard InChI is InChI=1S/2C15H13N2O3.Zn/c2*1-19-11-8-6-10(7-9-11)14-16-17-15(20-14)12-4-2-3-5-13(12)18;/h2*2-9,17-18H,1H3;/q2*-1;+2. The molecular formula is C30H26N4O6Zn. The van der Waals surface area contributed by atoms with Gasteiger partial charge in [-0.2, -0.15) is 12.1 Å². The Balaban J connectivity index is 0.000000184. The molecule has 204 valence electrons. The summed E-state index contributed by atoms with van der Waals surface area (Å²) in [5, 5.41) is 27.8. The van der Waals surface area contributed by atoms with E-state index in [1.807, 2.05) is 60.7 Å². The monoisotopic (exact) mass is 602 g/mol. The number of aromatic hydroxyl groups is 2. The summed E-state index contributed by atoms with van der Waals surface area (Å²) in [6.45, 7) is 0. The van der Waals surface area contributed by atoms with Crippen molar-refractivity contribution in [2.24, 2.45) is 10.2 Å². The SMILES string of the molecule is COc1ccc(C2=NN[C-](c3ccccc3O)O2)cc1.COc1ccc(C2=NN[C-](c3ccccc3O)O2)cc1.[Zn+2]. The Hall–Kier alpha value is -5.02. The van der Waals surface area contributed by atoms with Crippen LogP contribution in [-0.2, 0) is 29.0 Å². The van der Waals surface area contributed by atoms with Crippen molar-refractivity contribution in [1.82, 2.24) is 10.9 Å². The first-order valence-electron chi connectivity index (χ1n) is 12.2. The van der Waals surface area contributed by atoms with Gasteiger partial charge in [0.25, 0.3) is 0 Å². The van der Waals surface area contributed by atoms with Gasteiger partial charge in [-0.25, -0.2) is 0 Å². The molecular weight excluding hydrogens is 578 g/mol. The molecule has 10 nitrogen and oxygen atoms in total. The third-order valence-corrected chi connectivity index (χ3v) is 5.89. The Morgan fingerprint density at radius 1 is 0.585 bits per heavy atom. The van der Waals surface area contributed by atoms with Crippen molar-refractivity contribution >= 4 is 11.8 Å². The third-order valence-electron chi connectivity index (χ3n) is 5.89. The maximum atomic E-state index is 9.79. The number of ether oxygens (including phenoxy) is 4. The van der Waals surface area contributed by atoms with Crippen LogP contribution in [0.15, 0.2) is 107 Å². The molecule has 4 aromatic rings. The van der Waals surface area contributed by atoms with E-state index in [1.54, 1.807) is 50.6 Å². The number of para-hydroxylation sites is 2. The van der Waals surface area contributed by atoms with Gasteiger partial charge in [-0.1, -0.05) is 35.4 Å². The molecule has 0 amide bonds. The van der Waals surface area contributed by atoms with Gasteiger partial charge in [0.15, 0.2) is 0 Å². The van der Waals surface area contributed by atoms with Crippen LogP contribution in [0.2, 0.25) is 0 Å². The molecule has 0 radical (unpaired) electrons. The summed E-state index contributed by atoms with van der Waals surface area (Å²) in [6, 6.07) is 28.6. The molecule has 0 aromatic heterocycles. The molecule has 0 aliphatic carbocycles. The Bertz CT molecular complexity index is 1400.